The summed E-state index contributed by atoms with van der Waals surface area (Å²) < 4.78 is 0. The smallest absolute Gasteiger partial charge is 0.270 e. The molecule has 0 aliphatic rings. The monoisotopic (exact) mass is 406 g/mol. The average Bonchev–Trinajstić information content (AvgIpc) is 2.63. The third kappa shape index (κ3) is 5.97. The number of hydrogen-bond acceptors (Lipinski definition) is 6. The van der Waals surface area contributed by atoms with Crippen LogP contribution in [0.2, 0.25) is 5.02 Å². The number of carbonyl (C=O) groups excluding carboxylic acids is 1. The van der Waals surface area contributed by atoms with Crippen LogP contribution in [0.15, 0.2) is 52.5 Å². The Morgan fingerprint density at radius 2 is 1.96 bits per heavy atom. The molecule has 0 saturated carbocycles. The molecule has 27 heavy (non-hydrogen) atoms. The maximum absolute atomic E-state index is 12.2. The summed E-state index contributed by atoms with van der Waals surface area (Å²) in [6, 6.07) is 11.7. The van der Waals surface area contributed by atoms with E-state index >= 15 is 0 Å². The molecule has 0 spiro atoms. The highest BCUT2D eigenvalue weighted by molar-refractivity contribution is 8.00. The number of nitro groups is 1. The zero-order valence-electron chi connectivity index (χ0n) is 15.0. The molecule has 0 heterocycles. The fraction of sp³-hybridized carbons (Fsp3) is 0.222. The van der Waals surface area contributed by atoms with E-state index in [-0.39, 0.29) is 16.8 Å². The predicted molar refractivity (Wildman–Crippen MR) is 110 cm³/mol. The number of nitrogens with zero attached hydrogens (tertiary/aromatic N) is 3. The number of rotatable bonds is 7. The number of thioether (sulfide) groups is 1. The molecule has 0 aliphatic carbocycles. The van der Waals surface area contributed by atoms with E-state index in [4.69, 9.17) is 11.6 Å². The van der Waals surface area contributed by atoms with Crippen molar-refractivity contribution in [1.29, 1.82) is 0 Å². The number of hydrogen-bond donors (Lipinski definition) is 1. The van der Waals surface area contributed by atoms with Gasteiger partial charge in [0.05, 0.1) is 16.4 Å². The van der Waals surface area contributed by atoms with Gasteiger partial charge in [0, 0.05) is 47.4 Å². The van der Waals surface area contributed by atoms with Crippen molar-refractivity contribution in [3.05, 3.63) is 63.2 Å². The molecule has 0 bridgehead atoms. The molecular weight excluding hydrogens is 388 g/mol. The lowest BCUT2D eigenvalue weighted by Crippen LogP contribution is -2.26. The molecule has 1 N–H and O–H groups in total. The zero-order valence-corrected chi connectivity index (χ0v) is 16.6. The van der Waals surface area contributed by atoms with Crippen LogP contribution < -0.4 is 10.3 Å². The Labute approximate surface area is 166 Å². The molecule has 0 radical (unpaired) electrons. The van der Waals surface area contributed by atoms with Gasteiger partial charge in [0.15, 0.2) is 0 Å². The Morgan fingerprint density at radius 3 is 2.56 bits per heavy atom. The number of amides is 1. The van der Waals surface area contributed by atoms with E-state index in [1.54, 1.807) is 25.1 Å². The quantitative estimate of drug-likeness (QED) is 0.325. The molecule has 0 aromatic heterocycles. The van der Waals surface area contributed by atoms with Crippen molar-refractivity contribution in [1.82, 2.24) is 5.43 Å². The van der Waals surface area contributed by atoms with Gasteiger partial charge in [0.1, 0.15) is 0 Å². The van der Waals surface area contributed by atoms with Crippen LogP contribution in [0, 0.1) is 10.1 Å². The van der Waals surface area contributed by atoms with Crippen LogP contribution in [-0.4, -0.2) is 36.4 Å². The highest BCUT2D eigenvalue weighted by atomic mass is 35.5. The first-order valence-electron chi connectivity index (χ1n) is 7.99. The Morgan fingerprint density at radius 1 is 1.30 bits per heavy atom. The molecule has 0 fully saturated rings. The maximum atomic E-state index is 12.2. The van der Waals surface area contributed by atoms with Gasteiger partial charge >= 0.3 is 0 Å². The third-order valence-electron chi connectivity index (χ3n) is 3.58. The number of benzene rings is 2. The van der Waals surface area contributed by atoms with Crippen LogP contribution >= 0.6 is 23.4 Å². The van der Waals surface area contributed by atoms with E-state index in [0.717, 1.165) is 10.6 Å². The molecule has 2 rings (SSSR count). The molecule has 0 unspecified atom stereocenters. The van der Waals surface area contributed by atoms with Crippen LogP contribution in [0.25, 0.3) is 0 Å². The first-order chi connectivity index (χ1) is 12.8. The Kier molecular flexibility index (Phi) is 7.20. The van der Waals surface area contributed by atoms with Crippen molar-refractivity contribution in [2.45, 2.75) is 17.1 Å². The van der Waals surface area contributed by atoms with Crippen molar-refractivity contribution in [3.63, 3.8) is 0 Å². The number of anilines is 1. The molecule has 0 aliphatic heterocycles. The van der Waals surface area contributed by atoms with Gasteiger partial charge in [-0.25, -0.2) is 5.43 Å². The number of nitro benzene ring substituents is 1. The SMILES string of the molecule is C[C@H](Sc1ccc(Cl)cc1)C(=O)N/N=C\c1cc([N+](=O)[O-])ccc1N(C)C. The molecule has 2 aromatic rings. The fourth-order valence-electron chi connectivity index (χ4n) is 2.19. The topological polar surface area (TPSA) is 87.8 Å². The van der Waals surface area contributed by atoms with Crippen molar-refractivity contribution in [2.75, 3.05) is 19.0 Å². The predicted octanol–water partition coefficient (Wildman–Crippen LogP) is 3.95. The number of nitrogens with one attached hydrogen (secondary N) is 1. The largest absolute Gasteiger partial charge is 0.377 e. The second-order valence-electron chi connectivity index (χ2n) is 5.84. The second-order valence-corrected chi connectivity index (χ2v) is 7.69. The summed E-state index contributed by atoms with van der Waals surface area (Å²) in [4.78, 5) is 25.4. The molecule has 9 heteroatoms. The number of hydrazone groups is 1. The van der Waals surface area contributed by atoms with Gasteiger partial charge in [0.25, 0.3) is 11.6 Å². The highest BCUT2D eigenvalue weighted by Gasteiger charge is 2.14. The first kappa shape index (κ1) is 20.7. The van der Waals surface area contributed by atoms with Gasteiger partial charge in [-0.1, -0.05) is 11.6 Å². The lowest BCUT2D eigenvalue weighted by Gasteiger charge is -2.15. The number of halogens is 1. The van der Waals surface area contributed by atoms with E-state index in [9.17, 15) is 14.9 Å². The fourth-order valence-corrected chi connectivity index (χ4v) is 3.18. The molecule has 2 aromatic carbocycles. The summed E-state index contributed by atoms with van der Waals surface area (Å²) in [5.41, 5.74) is 3.72. The Balaban J connectivity index is 2.05. The van der Waals surface area contributed by atoms with Gasteiger partial charge in [0.2, 0.25) is 0 Å². The van der Waals surface area contributed by atoms with Crippen molar-refractivity contribution in [2.24, 2.45) is 5.10 Å². The van der Waals surface area contributed by atoms with E-state index in [1.807, 2.05) is 31.1 Å². The molecule has 0 saturated heterocycles. The normalized spacial score (nSPS) is 12.0. The first-order valence-corrected chi connectivity index (χ1v) is 9.24. The van der Waals surface area contributed by atoms with Crippen LogP contribution in [0.1, 0.15) is 12.5 Å². The standard InChI is InChI=1S/C18H19ClN4O3S/c1-12(27-16-7-4-14(19)5-8-16)18(24)21-20-11-13-10-15(23(25)26)6-9-17(13)22(2)3/h4-12H,1-3H3,(H,21,24)/b20-11-/t12-/m0/s1. The third-order valence-corrected chi connectivity index (χ3v) is 4.94. The summed E-state index contributed by atoms with van der Waals surface area (Å²) in [6.45, 7) is 1.77. The minimum atomic E-state index is -0.472. The number of carbonyl (C=O) groups is 1. The van der Waals surface area contributed by atoms with Crippen molar-refractivity contribution in [3.8, 4) is 0 Å². The van der Waals surface area contributed by atoms with E-state index in [0.29, 0.717) is 10.6 Å². The van der Waals surface area contributed by atoms with Crippen LogP contribution in [0.4, 0.5) is 11.4 Å². The van der Waals surface area contributed by atoms with Gasteiger partial charge < -0.3 is 4.90 Å². The minimum absolute atomic E-state index is 0.0416. The highest BCUT2D eigenvalue weighted by Crippen LogP contribution is 2.25. The van der Waals surface area contributed by atoms with Crippen molar-refractivity contribution >= 4 is 46.9 Å². The lowest BCUT2D eigenvalue weighted by atomic mass is 10.1. The molecule has 1 amide bonds. The summed E-state index contributed by atoms with van der Waals surface area (Å²) in [6.07, 6.45) is 1.40. The average molecular weight is 407 g/mol. The molecule has 1 atom stereocenters. The molecular formula is C18H19ClN4O3S. The van der Waals surface area contributed by atoms with Crippen LogP contribution in [0.3, 0.4) is 0 Å². The van der Waals surface area contributed by atoms with Crippen LogP contribution in [0.5, 0.6) is 0 Å². The summed E-state index contributed by atoms with van der Waals surface area (Å²) in [7, 11) is 3.64. The Hall–Kier alpha value is -2.58. The van der Waals surface area contributed by atoms with Gasteiger partial charge in [-0.3, -0.25) is 14.9 Å². The van der Waals surface area contributed by atoms with Crippen LogP contribution in [-0.2, 0) is 4.79 Å². The Bertz CT molecular complexity index is 856. The number of non-ortho nitro benzene ring substituents is 1. The van der Waals surface area contributed by atoms with Gasteiger partial charge in [-0.15, -0.1) is 11.8 Å². The van der Waals surface area contributed by atoms with Gasteiger partial charge in [-0.05, 0) is 37.3 Å². The van der Waals surface area contributed by atoms with Crippen molar-refractivity contribution < 1.29 is 9.72 Å². The molecule has 7 nitrogen and oxygen atoms in total. The van der Waals surface area contributed by atoms with E-state index in [1.165, 1.54) is 30.1 Å². The summed E-state index contributed by atoms with van der Waals surface area (Å²) in [5, 5.41) is 15.2. The second kappa shape index (κ2) is 9.38. The van der Waals surface area contributed by atoms with E-state index in [2.05, 4.69) is 10.5 Å². The zero-order chi connectivity index (χ0) is 20.0. The minimum Gasteiger partial charge on any atom is -0.377 e. The molecule has 142 valence electrons. The van der Waals surface area contributed by atoms with Gasteiger partial charge in [-0.2, -0.15) is 5.10 Å². The summed E-state index contributed by atoms with van der Waals surface area (Å²) >= 11 is 7.23. The lowest BCUT2D eigenvalue weighted by molar-refractivity contribution is -0.384. The maximum Gasteiger partial charge on any atom is 0.270 e. The van der Waals surface area contributed by atoms with E-state index < -0.39 is 4.92 Å². The summed E-state index contributed by atoms with van der Waals surface area (Å²) in [5.74, 6) is -0.275.